The summed E-state index contributed by atoms with van der Waals surface area (Å²) in [6.45, 7) is 1.69. The molecule has 0 aliphatic carbocycles. The Balaban J connectivity index is 2.60. The number of benzene rings is 1. The van der Waals surface area contributed by atoms with E-state index in [4.69, 9.17) is 4.74 Å². The predicted octanol–water partition coefficient (Wildman–Crippen LogP) is 2.02. The van der Waals surface area contributed by atoms with Crippen LogP contribution in [0.4, 0.5) is 11.4 Å². The van der Waals surface area contributed by atoms with E-state index in [0.29, 0.717) is 25.3 Å². The SMILES string of the molecule is COCCCCNCc1ccc([N+](=O)[O-])cc1[N+](=O)[O-]. The third kappa shape index (κ3) is 4.90. The molecule has 0 fully saturated rings. The number of nitro benzene ring substituents is 2. The standard InChI is InChI=1S/C12H17N3O5/c1-20-7-3-2-6-13-9-10-4-5-11(14(16)17)8-12(10)15(18)19/h4-5,8,13H,2-3,6-7,9H2,1H3. The fourth-order valence-corrected chi connectivity index (χ4v) is 1.70. The molecule has 20 heavy (non-hydrogen) atoms. The molecular weight excluding hydrogens is 266 g/mol. The lowest BCUT2D eigenvalue weighted by molar-refractivity contribution is -0.394. The second kappa shape index (κ2) is 8.18. The number of nitro groups is 2. The van der Waals surface area contributed by atoms with E-state index >= 15 is 0 Å². The van der Waals surface area contributed by atoms with Crippen molar-refractivity contribution in [2.75, 3.05) is 20.3 Å². The average molecular weight is 283 g/mol. The van der Waals surface area contributed by atoms with Gasteiger partial charge in [-0.2, -0.15) is 0 Å². The minimum absolute atomic E-state index is 0.233. The fraction of sp³-hybridized carbons (Fsp3) is 0.500. The highest BCUT2D eigenvalue weighted by molar-refractivity contribution is 5.49. The van der Waals surface area contributed by atoms with Crippen molar-refractivity contribution in [1.29, 1.82) is 0 Å². The Morgan fingerprint density at radius 3 is 2.55 bits per heavy atom. The van der Waals surface area contributed by atoms with E-state index in [-0.39, 0.29) is 11.4 Å². The molecule has 1 rings (SSSR count). The Kier molecular flexibility index (Phi) is 6.54. The molecule has 0 amide bonds. The Hall–Kier alpha value is -2.06. The molecular formula is C12H17N3O5. The Morgan fingerprint density at radius 1 is 1.20 bits per heavy atom. The number of hydrogen-bond donors (Lipinski definition) is 1. The first-order valence-corrected chi connectivity index (χ1v) is 6.17. The van der Waals surface area contributed by atoms with Crippen LogP contribution in [-0.4, -0.2) is 30.1 Å². The van der Waals surface area contributed by atoms with Crippen LogP contribution in [0.25, 0.3) is 0 Å². The second-order valence-electron chi connectivity index (χ2n) is 4.20. The average Bonchev–Trinajstić information content (AvgIpc) is 2.42. The largest absolute Gasteiger partial charge is 0.385 e. The molecule has 0 aromatic heterocycles. The van der Waals surface area contributed by atoms with Gasteiger partial charge in [0, 0.05) is 31.9 Å². The predicted molar refractivity (Wildman–Crippen MR) is 72.6 cm³/mol. The first-order chi connectivity index (χ1) is 9.56. The Labute approximate surface area is 116 Å². The summed E-state index contributed by atoms with van der Waals surface area (Å²) in [5.41, 5.74) is -0.0727. The zero-order chi connectivity index (χ0) is 15.0. The highest BCUT2D eigenvalue weighted by Crippen LogP contribution is 2.24. The molecule has 0 aliphatic rings. The van der Waals surface area contributed by atoms with Gasteiger partial charge in [-0.15, -0.1) is 0 Å². The maximum Gasteiger partial charge on any atom is 0.280 e. The summed E-state index contributed by atoms with van der Waals surface area (Å²) >= 11 is 0. The molecule has 8 heteroatoms. The van der Waals surface area contributed by atoms with Crippen molar-refractivity contribution < 1.29 is 14.6 Å². The van der Waals surface area contributed by atoms with Crippen LogP contribution >= 0.6 is 0 Å². The Bertz CT molecular complexity index is 478. The number of nitrogens with zero attached hydrogens (tertiary/aromatic N) is 2. The fourth-order valence-electron chi connectivity index (χ4n) is 1.70. The van der Waals surface area contributed by atoms with Gasteiger partial charge in [-0.1, -0.05) is 0 Å². The third-order valence-electron chi connectivity index (χ3n) is 2.74. The van der Waals surface area contributed by atoms with Gasteiger partial charge >= 0.3 is 0 Å². The van der Waals surface area contributed by atoms with E-state index in [9.17, 15) is 20.2 Å². The van der Waals surface area contributed by atoms with Gasteiger partial charge in [0.25, 0.3) is 11.4 Å². The van der Waals surface area contributed by atoms with Crippen molar-refractivity contribution in [3.63, 3.8) is 0 Å². The number of ether oxygens (including phenoxy) is 1. The maximum absolute atomic E-state index is 10.9. The Morgan fingerprint density at radius 2 is 1.95 bits per heavy atom. The molecule has 0 aliphatic heterocycles. The number of rotatable bonds is 9. The first-order valence-electron chi connectivity index (χ1n) is 6.17. The van der Waals surface area contributed by atoms with Gasteiger partial charge < -0.3 is 10.1 Å². The number of nitrogens with one attached hydrogen (secondary N) is 1. The minimum atomic E-state index is -0.644. The molecule has 0 saturated carbocycles. The quantitative estimate of drug-likeness (QED) is 0.422. The van der Waals surface area contributed by atoms with Crippen LogP contribution in [0.2, 0.25) is 0 Å². The van der Waals surface area contributed by atoms with Gasteiger partial charge in [-0.25, -0.2) is 0 Å². The van der Waals surface area contributed by atoms with E-state index < -0.39 is 9.85 Å². The summed E-state index contributed by atoms with van der Waals surface area (Å²) in [5, 5.41) is 24.6. The van der Waals surface area contributed by atoms with Crippen LogP contribution in [-0.2, 0) is 11.3 Å². The lowest BCUT2D eigenvalue weighted by Crippen LogP contribution is -2.16. The molecule has 0 atom stereocenters. The van der Waals surface area contributed by atoms with Crippen LogP contribution < -0.4 is 5.32 Å². The molecule has 8 nitrogen and oxygen atoms in total. The smallest absolute Gasteiger partial charge is 0.280 e. The van der Waals surface area contributed by atoms with Crippen molar-refractivity contribution in [2.45, 2.75) is 19.4 Å². The number of methoxy groups -OCH3 is 1. The summed E-state index contributed by atoms with van der Waals surface area (Å²) in [7, 11) is 1.63. The molecule has 110 valence electrons. The molecule has 1 aromatic carbocycles. The van der Waals surface area contributed by atoms with Gasteiger partial charge in [-0.05, 0) is 25.5 Å². The zero-order valence-corrected chi connectivity index (χ0v) is 11.2. The first kappa shape index (κ1) is 16.0. The zero-order valence-electron chi connectivity index (χ0n) is 11.2. The normalized spacial score (nSPS) is 10.4. The van der Waals surface area contributed by atoms with Crippen LogP contribution in [0.1, 0.15) is 18.4 Å². The highest BCUT2D eigenvalue weighted by Gasteiger charge is 2.18. The topological polar surface area (TPSA) is 108 Å². The van der Waals surface area contributed by atoms with Crippen molar-refractivity contribution >= 4 is 11.4 Å². The van der Waals surface area contributed by atoms with E-state index in [0.717, 1.165) is 18.9 Å². The van der Waals surface area contributed by atoms with E-state index in [1.165, 1.54) is 12.1 Å². The molecule has 1 aromatic rings. The van der Waals surface area contributed by atoms with Gasteiger partial charge in [0.05, 0.1) is 15.9 Å². The van der Waals surface area contributed by atoms with Crippen molar-refractivity contribution in [2.24, 2.45) is 0 Å². The molecule has 0 unspecified atom stereocenters. The summed E-state index contributed by atoms with van der Waals surface area (Å²) in [6.07, 6.45) is 1.81. The number of unbranched alkanes of at least 4 members (excludes halogenated alkanes) is 1. The van der Waals surface area contributed by atoms with E-state index in [1.54, 1.807) is 7.11 Å². The lowest BCUT2D eigenvalue weighted by Gasteiger charge is -2.05. The molecule has 0 saturated heterocycles. The van der Waals surface area contributed by atoms with Gasteiger partial charge in [-0.3, -0.25) is 20.2 Å². The monoisotopic (exact) mass is 283 g/mol. The summed E-state index contributed by atoms with van der Waals surface area (Å²) in [5.74, 6) is 0. The maximum atomic E-state index is 10.9. The molecule has 0 radical (unpaired) electrons. The van der Waals surface area contributed by atoms with Crippen molar-refractivity contribution in [3.8, 4) is 0 Å². The second-order valence-corrected chi connectivity index (χ2v) is 4.20. The van der Waals surface area contributed by atoms with Crippen molar-refractivity contribution in [1.82, 2.24) is 5.32 Å². The van der Waals surface area contributed by atoms with Gasteiger partial charge in [0.1, 0.15) is 0 Å². The van der Waals surface area contributed by atoms with Crippen LogP contribution in [0, 0.1) is 20.2 Å². The van der Waals surface area contributed by atoms with Gasteiger partial charge in [0.15, 0.2) is 0 Å². The summed E-state index contributed by atoms with van der Waals surface area (Å²) < 4.78 is 4.91. The van der Waals surface area contributed by atoms with Crippen LogP contribution in [0.5, 0.6) is 0 Å². The molecule has 0 heterocycles. The molecule has 0 bridgehead atoms. The van der Waals surface area contributed by atoms with Gasteiger partial charge in [0.2, 0.25) is 0 Å². The molecule has 1 N–H and O–H groups in total. The van der Waals surface area contributed by atoms with Crippen LogP contribution in [0.15, 0.2) is 18.2 Å². The number of non-ortho nitro benzene ring substituents is 1. The summed E-state index contributed by atoms with van der Waals surface area (Å²) in [6, 6.07) is 3.68. The van der Waals surface area contributed by atoms with Crippen molar-refractivity contribution in [3.05, 3.63) is 44.0 Å². The minimum Gasteiger partial charge on any atom is -0.385 e. The number of hydrogen-bond acceptors (Lipinski definition) is 6. The molecule has 0 spiro atoms. The highest BCUT2D eigenvalue weighted by atomic mass is 16.6. The summed E-state index contributed by atoms with van der Waals surface area (Å²) in [4.78, 5) is 20.3. The third-order valence-corrected chi connectivity index (χ3v) is 2.74. The van der Waals surface area contributed by atoms with Crippen LogP contribution in [0.3, 0.4) is 0 Å². The van der Waals surface area contributed by atoms with E-state index in [2.05, 4.69) is 5.32 Å². The van der Waals surface area contributed by atoms with E-state index in [1.807, 2.05) is 0 Å². The lowest BCUT2D eigenvalue weighted by atomic mass is 10.1.